The molecule has 92 valence electrons. The largest absolute Gasteiger partial charge is 0.479 e. The average molecular weight is 235 g/mol. The predicted molar refractivity (Wildman–Crippen MR) is 64.3 cm³/mol. The lowest BCUT2D eigenvalue weighted by molar-refractivity contribution is -0.144. The van der Waals surface area contributed by atoms with Crippen molar-refractivity contribution in [1.82, 2.24) is 5.32 Å². The third-order valence-electron chi connectivity index (χ3n) is 3.20. The van der Waals surface area contributed by atoms with Crippen LogP contribution in [0, 0.1) is 0 Å². The molecule has 2 unspecified atom stereocenters. The summed E-state index contributed by atoms with van der Waals surface area (Å²) in [5, 5.41) is 12.0. The molecule has 0 bridgehead atoms. The van der Waals surface area contributed by atoms with Crippen molar-refractivity contribution < 1.29 is 14.6 Å². The minimum Gasteiger partial charge on any atom is -0.479 e. The van der Waals surface area contributed by atoms with Crippen molar-refractivity contribution in [2.45, 2.75) is 31.9 Å². The molecule has 17 heavy (non-hydrogen) atoms. The number of aliphatic carboxylic acids is 1. The summed E-state index contributed by atoms with van der Waals surface area (Å²) in [6.45, 7) is 1.53. The van der Waals surface area contributed by atoms with Crippen LogP contribution in [0.25, 0.3) is 0 Å². The van der Waals surface area contributed by atoms with Crippen LogP contribution < -0.4 is 10.1 Å². The van der Waals surface area contributed by atoms with Crippen LogP contribution in [0.1, 0.15) is 30.5 Å². The first-order valence-electron chi connectivity index (χ1n) is 5.81. The summed E-state index contributed by atoms with van der Waals surface area (Å²) >= 11 is 0. The summed E-state index contributed by atoms with van der Waals surface area (Å²) in [6.07, 6.45) is 1.29. The quantitative estimate of drug-likeness (QED) is 0.834. The molecule has 0 spiro atoms. The van der Waals surface area contributed by atoms with E-state index in [1.165, 1.54) is 18.1 Å². The standard InChI is InChI=1S/C13H17NO3/c1-8(13(15)16)17-10-4-5-11-9(7-10)3-6-12(11)14-2/h4-5,7-8,12,14H,3,6H2,1-2H3,(H,15,16). The van der Waals surface area contributed by atoms with Crippen molar-refractivity contribution in [2.75, 3.05) is 7.05 Å². The van der Waals surface area contributed by atoms with E-state index in [1.54, 1.807) is 0 Å². The van der Waals surface area contributed by atoms with Gasteiger partial charge in [-0.3, -0.25) is 0 Å². The number of hydrogen-bond donors (Lipinski definition) is 2. The molecule has 1 aromatic rings. The Balaban J connectivity index is 2.15. The van der Waals surface area contributed by atoms with Gasteiger partial charge in [-0.05, 0) is 50.1 Å². The molecule has 1 aliphatic rings. The van der Waals surface area contributed by atoms with Crippen LogP contribution in [0.3, 0.4) is 0 Å². The molecule has 2 atom stereocenters. The molecule has 0 amide bonds. The second kappa shape index (κ2) is 4.75. The first-order chi connectivity index (χ1) is 8.11. The van der Waals surface area contributed by atoms with E-state index in [2.05, 4.69) is 5.32 Å². The van der Waals surface area contributed by atoms with Crippen molar-refractivity contribution in [2.24, 2.45) is 0 Å². The third kappa shape index (κ3) is 2.42. The summed E-state index contributed by atoms with van der Waals surface area (Å²) in [5.74, 6) is -0.311. The van der Waals surface area contributed by atoms with Gasteiger partial charge in [0.05, 0.1) is 0 Å². The zero-order valence-corrected chi connectivity index (χ0v) is 10.1. The fourth-order valence-electron chi connectivity index (χ4n) is 2.22. The van der Waals surface area contributed by atoms with Crippen LogP contribution in [0.4, 0.5) is 0 Å². The van der Waals surface area contributed by atoms with E-state index in [9.17, 15) is 4.79 Å². The number of hydrogen-bond acceptors (Lipinski definition) is 3. The van der Waals surface area contributed by atoms with Gasteiger partial charge in [0.15, 0.2) is 6.10 Å². The first-order valence-corrected chi connectivity index (χ1v) is 5.81. The highest BCUT2D eigenvalue weighted by Crippen LogP contribution is 2.33. The van der Waals surface area contributed by atoms with Crippen LogP contribution >= 0.6 is 0 Å². The molecule has 0 radical (unpaired) electrons. The van der Waals surface area contributed by atoms with Crippen molar-refractivity contribution in [3.63, 3.8) is 0 Å². The van der Waals surface area contributed by atoms with Gasteiger partial charge >= 0.3 is 5.97 Å². The number of rotatable bonds is 4. The Morgan fingerprint density at radius 1 is 1.59 bits per heavy atom. The third-order valence-corrected chi connectivity index (χ3v) is 3.20. The fraction of sp³-hybridized carbons (Fsp3) is 0.462. The van der Waals surface area contributed by atoms with E-state index in [1.807, 2.05) is 25.2 Å². The molecule has 0 heterocycles. The maximum absolute atomic E-state index is 10.7. The van der Waals surface area contributed by atoms with Crippen molar-refractivity contribution >= 4 is 5.97 Å². The molecule has 4 nitrogen and oxygen atoms in total. The fourth-order valence-corrected chi connectivity index (χ4v) is 2.22. The zero-order chi connectivity index (χ0) is 12.4. The molecule has 1 aromatic carbocycles. The molecule has 0 saturated heterocycles. The number of carboxylic acid groups (broad SMARTS) is 1. The summed E-state index contributed by atoms with van der Waals surface area (Å²) in [6, 6.07) is 6.23. The van der Waals surface area contributed by atoms with Gasteiger partial charge in [-0.25, -0.2) is 4.79 Å². The van der Waals surface area contributed by atoms with Crippen molar-refractivity contribution in [3.05, 3.63) is 29.3 Å². The second-order valence-corrected chi connectivity index (χ2v) is 4.34. The number of fused-ring (bicyclic) bond motifs is 1. The van der Waals surface area contributed by atoms with Gasteiger partial charge in [-0.15, -0.1) is 0 Å². The molecule has 0 aromatic heterocycles. The SMILES string of the molecule is CNC1CCc2cc(OC(C)C(=O)O)ccc21. The maximum Gasteiger partial charge on any atom is 0.344 e. The Morgan fingerprint density at radius 2 is 2.35 bits per heavy atom. The zero-order valence-electron chi connectivity index (χ0n) is 10.1. The molecular formula is C13H17NO3. The van der Waals surface area contributed by atoms with Gasteiger partial charge in [0.25, 0.3) is 0 Å². The van der Waals surface area contributed by atoms with E-state index >= 15 is 0 Å². The summed E-state index contributed by atoms with van der Waals surface area (Å²) in [7, 11) is 1.96. The Bertz CT molecular complexity index is 431. The topological polar surface area (TPSA) is 58.6 Å². The Morgan fingerprint density at radius 3 is 3.00 bits per heavy atom. The number of benzene rings is 1. The van der Waals surface area contributed by atoms with Crippen LogP contribution in [-0.2, 0) is 11.2 Å². The molecule has 1 aliphatic carbocycles. The van der Waals surface area contributed by atoms with Gasteiger partial charge < -0.3 is 15.2 Å². The van der Waals surface area contributed by atoms with E-state index in [0.717, 1.165) is 12.8 Å². The van der Waals surface area contributed by atoms with Crippen molar-refractivity contribution in [3.8, 4) is 5.75 Å². The predicted octanol–water partition coefficient (Wildman–Crippen LogP) is 1.75. The van der Waals surface area contributed by atoms with E-state index in [0.29, 0.717) is 11.8 Å². The van der Waals surface area contributed by atoms with Crippen molar-refractivity contribution in [1.29, 1.82) is 0 Å². The Kier molecular flexibility index (Phi) is 3.33. The molecule has 0 saturated carbocycles. The molecule has 0 fully saturated rings. The first kappa shape index (κ1) is 11.9. The van der Waals surface area contributed by atoms with Crippen LogP contribution in [-0.4, -0.2) is 24.2 Å². The van der Waals surface area contributed by atoms with E-state index < -0.39 is 12.1 Å². The summed E-state index contributed by atoms with van der Waals surface area (Å²) in [5.41, 5.74) is 2.54. The Labute approximate surface area is 101 Å². The minimum absolute atomic E-state index is 0.413. The lowest BCUT2D eigenvalue weighted by atomic mass is 10.1. The lowest BCUT2D eigenvalue weighted by Crippen LogP contribution is -2.22. The minimum atomic E-state index is -0.946. The highest BCUT2D eigenvalue weighted by Gasteiger charge is 2.22. The maximum atomic E-state index is 10.7. The molecular weight excluding hydrogens is 218 g/mol. The number of carboxylic acids is 1. The number of aryl methyl sites for hydroxylation is 1. The van der Waals surface area contributed by atoms with Gasteiger partial charge in [-0.1, -0.05) is 6.07 Å². The van der Waals surface area contributed by atoms with Crippen LogP contribution in [0.15, 0.2) is 18.2 Å². The number of carbonyl (C=O) groups is 1. The van der Waals surface area contributed by atoms with Gasteiger partial charge in [0.1, 0.15) is 5.75 Å². The summed E-state index contributed by atoms with van der Waals surface area (Å²) in [4.78, 5) is 10.7. The molecule has 4 heteroatoms. The van der Waals surface area contributed by atoms with Gasteiger partial charge in [0, 0.05) is 6.04 Å². The monoisotopic (exact) mass is 235 g/mol. The van der Waals surface area contributed by atoms with Gasteiger partial charge in [0.2, 0.25) is 0 Å². The molecule has 2 rings (SSSR count). The van der Waals surface area contributed by atoms with Crippen LogP contribution in [0.2, 0.25) is 0 Å². The average Bonchev–Trinajstić information content (AvgIpc) is 2.71. The highest BCUT2D eigenvalue weighted by molar-refractivity contribution is 5.72. The molecule has 2 N–H and O–H groups in total. The normalized spacial score (nSPS) is 19.8. The van der Waals surface area contributed by atoms with Gasteiger partial charge in [-0.2, -0.15) is 0 Å². The summed E-state index contributed by atoms with van der Waals surface area (Å²) < 4.78 is 5.35. The van der Waals surface area contributed by atoms with E-state index in [4.69, 9.17) is 9.84 Å². The lowest BCUT2D eigenvalue weighted by Gasteiger charge is -2.13. The number of nitrogens with one attached hydrogen (secondary N) is 1. The number of ether oxygens (including phenoxy) is 1. The smallest absolute Gasteiger partial charge is 0.344 e. The Hall–Kier alpha value is -1.55. The molecule has 0 aliphatic heterocycles. The van der Waals surface area contributed by atoms with E-state index in [-0.39, 0.29) is 0 Å². The second-order valence-electron chi connectivity index (χ2n) is 4.34. The highest BCUT2D eigenvalue weighted by atomic mass is 16.5. The van der Waals surface area contributed by atoms with Crippen LogP contribution in [0.5, 0.6) is 5.75 Å².